The molecule has 3 N–H and O–H groups in total. The zero-order valence-corrected chi connectivity index (χ0v) is 10.9. The number of carboxylic acids is 1. The molecule has 0 spiro atoms. The minimum Gasteiger partial charge on any atom is -0.478 e. The number of pyridine rings is 1. The number of amidine groups is 1. The van der Waals surface area contributed by atoms with Crippen LogP contribution in [0.3, 0.4) is 0 Å². The summed E-state index contributed by atoms with van der Waals surface area (Å²) in [5.74, 6) is -0.512. The molecule has 0 atom stereocenters. The fourth-order valence-corrected chi connectivity index (χ4v) is 1.71. The summed E-state index contributed by atoms with van der Waals surface area (Å²) in [4.78, 5) is 19.1. The Hall–Kier alpha value is -2.69. The molecule has 2 aromatic rings. The highest BCUT2D eigenvalue weighted by molar-refractivity contribution is 5.95. The molecule has 2 rings (SSSR count). The van der Waals surface area contributed by atoms with Crippen molar-refractivity contribution in [3.8, 4) is 0 Å². The second-order valence-corrected chi connectivity index (χ2v) is 4.23. The molecule has 0 fully saturated rings. The number of aliphatic imine (C=N–C) groups is 1. The van der Waals surface area contributed by atoms with Gasteiger partial charge in [-0.25, -0.2) is 4.79 Å². The first-order valence-corrected chi connectivity index (χ1v) is 6.20. The first-order valence-electron chi connectivity index (χ1n) is 6.20. The predicted octanol–water partition coefficient (Wildman–Crippen LogP) is 1.73. The largest absolute Gasteiger partial charge is 0.478 e. The van der Waals surface area contributed by atoms with Crippen molar-refractivity contribution in [2.75, 3.05) is 6.54 Å². The number of hydrogen-bond donors (Lipinski definition) is 2. The number of aromatic carboxylic acids is 1. The average molecular weight is 269 g/mol. The number of rotatable bonds is 5. The van der Waals surface area contributed by atoms with E-state index in [0.717, 1.165) is 5.56 Å². The summed E-state index contributed by atoms with van der Waals surface area (Å²) in [6.45, 7) is 0.537. The molecule has 0 amide bonds. The zero-order chi connectivity index (χ0) is 14.4. The second-order valence-electron chi connectivity index (χ2n) is 4.23. The monoisotopic (exact) mass is 269 g/mol. The van der Waals surface area contributed by atoms with Gasteiger partial charge in [0.15, 0.2) is 0 Å². The third-order valence-corrected chi connectivity index (χ3v) is 2.81. The number of aromatic nitrogens is 1. The molecule has 5 nitrogen and oxygen atoms in total. The van der Waals surface area contributed by atoms with E-state index in [9.17, 15) is 4.79 Å². The fourth-order valence-electron chi connectivity index (χ4n) is 1.71. The molecule has 0 aliphatic carbocycles. The summed E-state index contributed by atoms with van der Waals surface area (Å²) in [6.07, 6.45) is 2.37. The van der Waals surface area contributed by atoms with Crippen LogP contribution in [0.15, 0.2) is 53.7 Å². The number of hydrogen-bond acceptors (Lipinski definition) is 3. The number of nitrogens with two attached hydrogens (primary N) is 1. The Bertz CT molecular complexity index is 607. The third kappa shape index (κ3) is 3.65. The smallest absolute Gasteiger partial charge is 0.335 e. The normalized spacial score (nSPS) is 11.3. The molecule has 102 valence electrons. The van der Waals surface area contributed by atoms with Gasteiger partial charge < -0.3 is 10.8 Å². The molecule has 0 aliphatic rings. The van der Waals surface area contributed by atoms with Crippen molar-refractivity contribution < 1.29 is 9.90 Å². The molecule has 0 radical (unpaired) electrons. The van der Waals surface area contributed by atoms with Crippen LogP contribution in [0.1, 0.15) is 21.6 Å². The fraction of sp³-hybridized carbons (Fsp3) is 0.133. The molecule has 0 saturated heterocycles. The molecule has 0 aliphatic heterocycles. The van der Waals surface area contributed by atoms with Crippen LogP contribution in [-0.4, -0.2) is 28.4 Å². The summed E-state index contributed by atoms with van der Waals surface area (Å²) in [7, 11) is 0. The van der Waals surface area contributed by atoms with Gasteiger partial charge in [-0.15, -0.1) is 0 Å². The van der Waals surface area contributed by atoms with Gasteiger partial charge >= 0.3 is 5.97 Å². The van der Waals surface area contributed by atoms with Crippen LogP contribution in [0.25, 0.3) is 0 Å². The Morgan fingerprint density at radius 1 is 1.20 bits per heavy atom. The Morgan fingerprint density at radius 2 is 1.95 bits per heavy atom. The van der Waals surface area contributed by atoms with Crippen molar-refractivity contribution in [3.63, 3.8) is 0 Å². The molecular weight excluding hydrogens is 254 g/mol. The van der Waals surface area contributed by atoms with E-state index >= 15 is 0 Å². The maximum atomic E-state index is 10.7. The Morgan fingerprint density at radius 3 is 2.55 bits per heavy atom. The van der Waals surface area contributed by atoms with Gasteiger partial charge in [0.1, 0.15) is 11.5 Å². The van der Waals surface area contributed by atoms with Crippen LogP contribution in [-0.2, 0) is 6.42 Å². The van der Waals surface area contributed by atoms with Crippen LogP contribution < -0.4 is 5.73 Å². The lowest BCUT2D eigenvalue weighted by molar-refractivity contribution is 0.0697. The van der Waals surface area contributed by atoms with Gasteiger partial charge in [0.2, 0.25) is 0 Å². The van der Waals surface area contributed by atoms with Gasteiger partial charge in [0.25, 0.3) is 0 Å². The van der Waals surface area contributed by atoms with E-state index in [0.29, 0.717) is 24.5 Å². The van der Waals surface area contributed by atoms with Crippen molar-refractivity contribution in [2.45, 2.75) is 6.42 Å². The second kappa shape index (κ2) is 6.47. The van der Waals surface area contributed by atoms with Crippen molar-refractivity contribution in [1.82, 2.24) is 4.98 Å². The maximum Gasteiger partial charge on any atom is 0.335 e. The first-order chi connectivity index (χ1) is 9.66. The van der Waals surface area contributed by atoms with E-state index in [4.69, 9.17) is 10.8 Å². The highest BCUT2D eigenvalue weighted by atomic mass is 16.4. The number of carboxylic acid groups (broad SMARTS) is 1. The van der Waals surface area contributed by atoms with Gasteiger partial charge in [-0.3, -0.25) is 9.98 Å². The van der Waals surface area contributed by atoms with Crippen LogP contribution in [0.5, 0.6) is 0 Å². The molecule has 0 saturated carbocycles. The topological polar surface area (TPSA) is 88.6 Å². The summed E-state index contributed by atoms with van der Waals surface area (Å²) in [6, 6.07) is 12.2. The molecular formula is C15H15N3O2. The Balaban J connectivity index is 1.94. The maximum absolute atomic E-state index is 10.7. The average Bonchev–Trinajstić information content (AvgIpc) is 2.48. The minimum atomic E-state index is -0.922. The van der Waals surface area contributed by atoms with E-state index in [1.807, 2.05) is 12.1 Å². The molecule has 1 heterocycles. The highest BCUT2D eigenvalue weighted by Gasteiger charge is 2.02. The van der Waals surface area contributed by atoms with Crippen LogP contribution in [0, 0.1) is 0 Å². The Labute approximate surface area is 116 Å². The summed E-state index contributed by atoms with van der Waals surface area (Å²) in [5.41, 5.74) is 7.80. The molecule has 20 heavy (non-hydrogen) atoms. The third-order valence-electron chi connectivity index (χ3n) is 2.81. The number of benzene rings is 1. The highest BCUT2D eigenvalue weighted by Crippen LogP contribution is 2.05. The SMILES string of the molecule is NC(=NCCc1ccc(C(=O)O)cc1)c1ccccn1. The van der Waals surface area contributed by atoms with Crippen LogP contribution in [0.2, 0.25) is 0 Å². The molecule has 0 bridgehead atoms. The van der Waals surface area contributed by atoms with Crippen molar-refractivity contribution in [1.29, 1.82) is 0 Å². The standard InChI is InChI=1S/C15H15N3O2/c16-14(13-3-1-2-9-17-13)18-10-8-11-4-6-12(7-5-11)15(19)20/h1-7,9H,8,10H2,(H2,16,18)(H,19,20). The lowest BCUT2D eigenvalue weighted by Gasteiger charge is -2.01. The molecule has 1 aromatic carbocycles. The molecule has 5 heteroatoms. The first kappa shape index (κ1) is 13.7. The van der Waals surface area contributed by atoms with Crippen molar-refractivity contribution in [3.05, 3.63) is 65.5 Å². The van der Waals surface area contributed by atoms with Crippen LogP contribution in [0.4, 0.5) is 0 Å². The van der Waals surface area contributed by atoms with Gasteiger partial charge in [0, 0.05) is 12.7 Å². The van der Waals surface area contributed by atoms with Gasteiger partial charge in [-0.1, -0.05) is 18.2 Å². The van der Waals surface area contributed by atoms with Gasteiger partial charge in [-0.2, -0.15) is 0 Å². The quantitative estimate of drug-likeness (QED) is 0.639. The number of nitrogens with zero attached hydrogens (tertiary/aromatic N) is 2. The van der Waals surface area contributed by atoms with E-state index in [1.165, 1.54) is 0 Å². The summed E-state index contributed by atoms with van der Waals surface area (Å²) in [5, 5.41) is 8.81. The van der Waals surface area contributed by atoms with Crippen LogP contribution >= 0.6 is 0 Å². The lowest BCUT2D eigenvalue weighted by Crippen LogP contribution is -2.15. The van der Waals surface area contributed by atoms with E-state index < -0.39 is 5.97 Å². The van der Waals surface area contributed by atoms with E-state index in [-0.39, 0.29) is 5.56 Å². The predicted molar refractivity (Wildman–Crippen MR) is 76.9 cm³/mol. The van der Waals surface area contributed by atoms with Gasteiger partial charge in [0.05, 0.1) is 5.56 Å². The van der Waals surface area contributed by atoms with E-state index in [1.54, 1.807) is 36.5 Å². The minimum absolute atomic E-state index is 0.283. The number of carbonyl (C=O) groups is 1. The summed E-state index contributed by atoms with van der Waals surface area (Å²) >= 11 is 0. The van der Waals surface area contributed by atoms with Crippen molar-refractivity contribution >= 4 is 11.8 Å². The van der Waals surface area contributed by atoms with Gasteiger partial charge in [-0.05, 0) is 36.2 Å². The zero-order valence-electron chi connectivity index (χ0n) is 10.9. The lowest BCUT2D eigenvalue weighted by atomic mass is 10.1. The molecule has 0 unspecified atom stereocenters. The Kier molecular flexibility index (Phi) is 4.44. The molecule has 1 aromatic heterocycles. The summed E-state index contributed by atoms with van der Waals surface area (Å²) < 4.78 is 0. The van der Waals surface area contributed by atoms with E-state index in [2.05, 4.69) is 9.98 Å². The van der Waals surface area contributed by atoms with Crippen molar-refractivity contribution in [2.24, 2.45) is 10.7 Å².